The average molecular weight is 201 g/mol. The summed E-state index contributed by atoms with van der Waals surface area (Å²) in [6, 6.07) is -0.0871. The molecule has 4 heteroatoms. The normalized spacial score (nSPS) is 24.4. The molecule has 1 fully saturated rings. The number of carbonyl (C=O) groups is 1. The molecule has 0 aromatic heterocycles. The highest BCUT2D eigenvalue weighted by molar-refractivity contribution is 5.81. The molecule has 14 heavy (non-hydrogen) atoms. The average Bonchev–Trinajstić information content (AvgIpc) is 2.62. The SMILES string of the molecule is CC(C)[C@@H](O)C(=O)N1CCC[C@H]1CO. The Morgan fingerprint density at radius 3 is 2.71 bits per heavy atom. The Hall–Kier alpha value is -0.610. The number of aliphatic hydroxyl groups is 2. The first-order valence-electron chi connectivity index (χ1n) is 5.17. The summed E-state index contributed by atoms with van der Waals surface area (Å²) in [5, 5.41) is 18.6. The largest absolute Gasteiger partial charge is 0.394 e. The molecule has 1 amide bonds. The molecule has 1 saturated heterocycles. The first-order valence-corrected chi connectivity index (χ1v) is 5.17. The molecule has 0 aromatic carbocycles. The van der Waals surface area contributed by atoms with Gasteiger partial charge in [-0.1, -0.05) is 13.8 Å². The third-order valence-electron chi connectivity index (χ3n) is 2.76. The van der Waals surface area contributed by atoms with Crippen molar-refractivity contribution in [2.24, 2.45) is 5.92 Å². The molecular weight excluding hydrogens is 182 g/mol. The number of likely N-dealkylation sites (tertiary alicyclic amines) is 1. The van der Waals surface area contributed by atoms with Crippen molar-refractivity contribution in [3.63, 3.8) is 0 Å². The van der Waals surface area contributed by atoms with E-state index in [9.17, 15) is 9.90 Å². The molecular formula is C10H19NO3. The highest BCUT2D eigenvalue weighted by atomic mass is 16.3. The molecule has 0 aliphatic carbocycles. The minimum Gasteiger partial charge on any atom is -0.394 e. The highest BCUT2D eigenvalue weighted by Crippen LogP contribution is 2.19. The lowest BCUT2D eigenvalue weighted by atomic mass is 10.1. The summed E-state index contributed by atoms with van der Waals surface area (Å²) in [6.07, 6.45) is 0.830. The van der Waals surface area contributed by atoms with Gasteiger partial charge < -0.3 is 15.1 Å². The van der Waals surface area contributed by atoms with Crippen LogP contribution in [0.15, 0.2) is 0 Å². The lowest BCUT2D eigenvalue weighted by Gasteiger charge is -2.26. The number of aliphatic hydroxyl groups excluding tert-OH is 2. The fraction of sp³-hybridized carbons (Fsp3) is 0.900. The van der Waals surface area contributed by atoms with Gasteiger partial charge in [-0.15, -0.1) is 0 Å². The number of rotatable bonds is 3. The van der Waals surface area contributed by atoms with Crippen molar-refractivity contribution >= 4 is 5.91 Å². The summed E-state index contributed by atoms with van der Waals surface area (Å²) < 4.78 is 0. The van der Waals surface area contributed by atoms with E-state index < -0.39 is 6.10 Å². The van der Waals surface area contributed by atoms with Crippen LogP contribution in [-0.2, 0) is 4.79 Å². The van der Waals surface area contributed by atoms with Crippen molar-refractivity contribution < 1.29 is 15.0 Å². The first-order chi connectivity index (χ1) is 6.57. The molecule has 1 aliphatic heterocycles. The second kappa shape index (κ2) is 4.75. The minimum absolute atomic E-state index is 0.00342. The maximum atomic E-state index is 11.7. The van der Waals surface area contributed by atoms with E-state index in [1.165, 1.54) is 0 Å². The zero-order valence-electron chi connectivity index (χ0n) is 8.81. The van der Waals surface area contributed by atoms with Crippen LogP contribution in [0.3, 0.4) is 0 Å². The van der Waals surface area contributed by atoms with Crippen LogP contribution < -0.4 is 0 Å². The number of nitrogens with zero attached hydrogens (tertiary/aromatic N) is 1. The third-order valence-corrected chi connectivity index (χ3v) is 2.76. The predicted molar refractivity (Wildman–Crippen MR) is 52.7 cm³/mol. The van der Waals surface area contributed by atoms with Gasteiger partial charge in [0, 0.05) is 6.54 Å². The number of hydrogen-bond acceptors (Lipinski definition) is 3. The van der Waals surface area contributed by atoms with Crippen LogP contribution in [0.4, 0.5) is 0 Å². The first kappa shape index (κ1) is 11.5. The summed E-state index contributed by atoms with van der Waals surface area (Å²) in [5.74, 6) is -0.306. The molecule has 0 spiro atoms. The molecule has 0 aromatic rings. The van der Waals surface area contributed by atoms with Gasteiger partial charge in [0.15, 0.2) is 0 Å². The van der Waals surface area contributed by atoms with Crippen molar-refractivity contribution in [3.8, 4) is 0 Å². The van der Waals surface area contributed by atoms with Gasteiger partial charge in [0.05, 0.1) is 12.6 Å². The van der Waals surface area contributed by atoms with E-state index in [-0.39, 0.29) is 24.5 Å². The van der Waals surface area contributed by atoms with E-state index in [2.05, 4.69) is 0 Å². The Morgan fingerprint density at radius 1 is 1.57 bits per heavy atom. The van der Waals surface area contributed by atoms with Crippen molar-refractivity contribution in [1.82, 2.24) is 4.90 Å². The highest BCUT2D eigenvalue weighted by Gasteiger charge is 2.32. The van der Waals surface area contributed by atoms with Crippen LogP contribution >= 0.6 is 0 Å². The second-order valence-electron chi connectivity index (χ2n) is 4.20. The van der Waals surface area contributed by atoms with E-state index in [0.29, 0.717) is 6.54 Å². The van der Waals surface area contributed by atoms with Crippen molar-refractivity contribution in [3.05, 3.63) is 0 Å². The predicted octanol–water partition coefficient (Wildman–Crippen LogP) is -0.0134. The molecule has 0 unspecified atom stereocenters. The molecule has 1 rings (SSSR count). The van der Waals surface area contributed by atoms with Gasteiger partial charge in [-0.2, -0.15) is 0 Å². The summed E-state index contributed by atoms with van der Waals surface area (Å²) in [4.78, 5) is 13.3. The topological polar surface area (TPSA) is 60.8 Å². The summed E-state index contributed by atoms with van der Waals surface area (Å²) >= 11 is 0. The second-order valence-corrected chi connectivity index (χ2v) is 4.20. The zero-order chi connectivity index (χ0) is 10.7. The quantitative estimate of drug-likeness (QED) is 0.675. The van der Waals surface area contributed by atoms with Gasteiger partial charge >= 0.3 is 0 Å². The Balaban J connectivity index is 2.59. The molecule has 4 nitrogen and oxygen atoms in total. The molecule has 0 bridgehead atoms. The molecule has 2 N–H and O–H groups in total. The van der Waals surface area contributed by atoms with Gasteiger partial charge in [-0.25, -0.2) is 0 Å². The van der Waals surface area contributed by atoms with Crippen molar-refractivity contribution in [2.45, 2.75) is 38.8 Å². The monoisotopic (exact) mass is 201 g/mol. The number of amides is 1. The molecule has 1 heterocycles. The van der Waals surface area contributed by atoms with Crippen molar-refractivity contribution in [2.75, 3.05) is 13.2 Å². The van der Waals surface area contributed by atoms with Gasteiger partial charge in [0.1, 0.15) is 6.10 Å². The maximum Gasteiger partial charge on any atom is 0.252 e. The number of hydrogen-bond donors (Lipinski definition) is 2. The standard InChI is InChI=1S/C10H19NO3/c1-7(2)9(13)10(14)11-5-3-4-8(11)6-12/h7-9,12-13H,3-6H2,1-2H3/t8-,9+/m0/s1. The van der Waals surface area contributed by atoms with Gasteiger partial charge in [0.2, 0.25) is 0 Å². The molecule has 1 aliphatic rings. The zero-order valence-corrected chi connectivity index (χ0v) is 8.81. The van der Waals surface area contributed by atoms with Gasteiger partial charge in [-0.05, 0) is 18.8 Å². The summed E-state index contributed by atoms with van der Waals surface area (Å²) in [7, 11) is 0. The van der Waals surface area contributed by atoms with Crippen LogP contribution in [0.5, 0.6) is 0 Å². The lowest BCUT2D eigenvalue weighted by Crippen LogP contribution is -2.45. The Bertz CT molecular complexity index is 206. The summed E-state index contributed by atoms with van der Waals surface area (Å²) in [5.41, 5.74) is 0. The van der Waals surface area contributed by atoms with E-state index in [1.807, 2.05) is 13.8 Å². The Kier molecular flexibility index (Phi) is 3.89. The molecule has 0 radical (unpaired) electrons. The Morgan fingerprint density at radius 2 is 2.21 bits per heavy atom. The van der Waals surface area contributed by atoms with Crippen LogP contribution in [0.1, 0.15) is 26.7 Å². The fourth-order valence-corrected chi connectivity index (χ4v) is 1.77. The minimum atomic E-state index is -0.929. The van der Waals surface area contributed by atoms with Crippen LogP contribution in [0, 0.1) is 5.92 Å². The van der Waals surface area contributed by atoms with Crippen LogP contribution in [0.25, 0.3) is 0 Å². The van der Waals surface area contributed by atoms with Gasteiger partial charge in [-0.3, -0.25) is 4.79 Å². The Labute approximate surface area is 84.5 Å². The molecule has 0 saturated carbocycles. The summed E-state index contributed by atoms with van der Waals surface area (Å²) in [6.45, 7) is 4.28. The molecule has 2 atom stereocenters. The maximum absolute atomic E-state index is 11.7. The van der Waals surface area contributed by atoms with Crippen molar-refractivity contribution in [1.29, 1.82) is 0 Å². The van der Waals surface area contributed by atoms with E-state index in [0.717, 1.165) is 12.8 Å². The van der Waals surface area contributed by atoms with Crippen LogP contribution in [-0.4, -0.2) is 46.3 Å². The van der Waals surface area contributed by atoms with E-state index >= 15 is 0 Å². The molecule has 82 valence electrons. The number of carbonyl (C=O) groups excluding carboxylic acids is 1. The van der Waals surface area contributed by atoms with Gasteiger partial charge in [0.25, 0.3) is 5.91 Å². The smallest absolute Gasteiger partial charge is 0.252 e. The van der Waals surface area contributed by atoms with E-state index in [1.54, 1.807) is 4.90 Å². The van der Waals surface area contributed by atoms with E-state index in [4.69, 9.17) is 5.11 Å². The van der Waals surface area contributed by atoms with Crippen LogP contribution in [0.2, 0.25) is 0 Å². The third kappa shape index (κ3) is 2.25. The lowest BCUT2D eigenvalue weighted by molar-refractivity contribution is -0.143. The fourth-order valence-electron chi connectivity index (χ4n) is 1.77.